The van der Waals surface area contributed by atoms with E-state index in [9.17, 15) is 8.78 Å². The average molecular weight is 227 g/mol. The van der Waals surface area contributed by atoms with E-state index in [0.717, 1.165) is 0 Å². The fraction of sp³-hybridized carbons (Fsp3) is 0.300. The second-order valence-corrected chi connectivity index (χ2v) is 3.16. The number of anilines is 2. The van der Waals surface area contributed by atoms with Crippen molar-refractivity contribution in [2.24, 2.45) is 0 Å². The molecule has 0 heterocycles. The molecule has 0 aliphatic carbocycles. The number of halogens is 2. The quantitative estimate of drug-likeness (QED) is 0.674. The Morgan fingerprint density at radius 2 is 2.19 bits per heavy atom. The Morgan fingerprint density at radius 3 is 2.75 bits per heavy atom. The molecule has 86 valence electrons. The smallest absolute Gasteiger partial charge is 0.265 e. The van der Waals surface area contributed by atoms with E-state index in [1.165, 1.54) is 6.07 Å². The second-order valence-electron chi connectivity index (χ2n) is 3.16. The Labute approximate surface area is 91.3 Å². The van der Waals surface area contributed by atoms with Crippen LogP contribution in [0.1, 0.15) is 5.56 Å². The number of aliphatic hydroxyl groups is 1. The third-order valence-corrected chi connectivity index (χ3v) is 2.02. The van der Waals surface area contributed by atoms with Crippen molar-refractivity contribution in [2.45, 2.75) is 12.5 Å². The lowest BCUT2D eigenvalue weighted by Gasteiger charge is -2.13. The first-order valence-electron chi connectivity index (χ1n) is 4.55. The molecule has 0 aromatic heterocycles. The van der Waals surface area contributed by atoms with Crippen LogP contribution >= 0.6 is 0 Å². The van der Waals surface area contributed by atoms with Gasteiger partial charge >= 0.3 is 0 Å². The summed E-state index contributed by atoms with van der Waals surface area (Å²) in [4.78, 5) is 0. The number of nitrogens with two attached hydrogens (primary N) is 1. The van der Waals surface area contributed by atoms with Crippen LogP contribution in [0.15, 0.2) is 18.2 Å². The monoisotopic (exact) mass is 227 g/mol. The molecule has 1 rings (SSSR count). The molecule has 1 aromatic carbocycles. The number of para-hydroxylation sites is 1. The van der Waals surface area contributed by atoms with Crippen molar-refractivity contribution in [3.05, 3.63) is 23.8 Å². The van der Waals surface area contributed by atoms with Crippen LogP contribution in [0.2, 0.25) is 0 Å². The number of hydrogen-bond donors (Lipinski definition) is 3. The van der Waals surface area contributed by atoms with Crippen LogP contribution in [0.5, 0.6) is 0 Å². The van der Waals surface area contributed by atoms with Crippen molar-refractivity contribution in [1.29, 1.82) is 5.26 Å². The zero-order chi connectivity index (χ0) is 12.1. The zero-order valence-electron chi connectivity index (χ0n) is 8.32. The van der Waals surface area contributed by atoms with E-state index >= 15 is 0 Å². The maximum absolute atomic E-state index is 12.0. The summed E-state index contributed by atoms with van der Waals surface area (Å²) in [6, 6.07) is 6.51. The molecular formula is C10H11F2N3O. The number of nitrogens with one attached hydrogen (secondary N) is 1. The molecule has 1 aromatic rings. The number of alkyl halides is 2. The van der Waals surface area contributed by atoms with Crippen molar-refractivity contribution in [3.63, 3.8) is 0 Å². The molecular weight excluding hydrogens is 216 g/mol. The Balaban J connectivity index is 2.72. The normalized spacial score (nSPS) is 12.2. The van der Waals surface area contributed by atoms with Crippen LogP contribution in [0.3, 0.4) is 0 Å². The van der Waals surface area contributed by atoms with Gasteiger partial charge in [0.25, 0.3) is 6.43 Å². The first kappa shape index (κ1) is 12.2. The third kappa shape index (κ3) is 2.81. The highest BCUT2D eigenvalue weighted by atomic mass is 19.3. The molecule has 4 nitrogen and oxygen atoms in total. The highest BCUT2D eigenvalue weighted by molar-refractivity contribution is 5.72. The highest BCUT2D eigenvalue weighted by Gasteiger charge is 2.16. The van der Waals surface area contributed by atoms with Crippen molar-refractivity contribution in [2.75, 3.05) is 17.6 Å². The predicted octanol–water partition coefficient (Wildman–Crippen LogP) is 1.18. The topological polar surface area (TPSA) is 82.1 Å². The fourth-order valence-corrected chi connectivity index (χ4v) is 1.12. The van der Waals surface area contributed by atoms with Crippen molar-refractivity contribution in [1.82, 2.24) is 0 Å². The molecule has 6 heteroatoms. The molecule has 0 aliphatic heterocycles. The number of nitrogens with zero attached hydrogens (tertiary/aromatic N) is 1. The van der Waals surface area contributed by atoms with E-state index in [2.05, 4.69) is 5.32 Å². The Bertz CT molecular complexity index is 404. The molecule has 0 spiro atoms. The predicted molar refractivity (Wildman–Crippen MR) is 56.1 cm³/mol. The standard InChI is InChI=1S/C10H11F2N3O/c11-10(12)8(16)5-15-7-3-1-2-6(4-13)9(7)14/h1-3,8,10,15-16H,5,14H2. The molecule has 0 saturated carbocycles. The summed E-state index contributed by atoms with van der Waals surface area (Å²) in [5, 5.41) is 20.1. The molecule has 0 bridgehead atoms. The lowest BCUT2D eigenvalue weighted by molar-refractivity contribution is 0.00385. The van der Waals surface area contributed by atoms with Gasteiger partial charge in [0.1, 0.15) is 12.2 Å². The second kappa shape index (κ2) is 5.28. The van der Waals surface area contributed by atoms with Crippen molar-refractivity contribution < 1.29 is 13.9 Å². The Hall–Kier alpha value is -1.87. The van der Waals surface area contributed by atoms with Crippen molar-refractivity contribution in [3.8, 4) is 6.07 Å². The summed E-state index contributed by atoms with van der Waals surface area (Å²) in [5.41, 5.74) is 6.41. The van der Waals surface area contributed by atoms with Crippen LogP contribution in [-0.2, 0) is 0 Å². The highest BCUT2D eigenvalue weighted by Crippen LogP contribution is 2.21. The summed E-state index contributed by atoms with van der Waals surface area (Å²) in [6.45, 7) is -0.323. The summed E-state index contributed by atoms with van der Waals surface area (Å²) in [7, 11) is 0. The Kier molecular flexibility index (Phi) is 4.03. The molecule has 0 saturated heterocycles. The van der Waals surface area contributed by atoms with E-state index in [0.29, 0.717) is 5.69 Å². The molecule has 16 heavy (non-hydrogen) atoms. The summed E-state index contributed by atoms with van der Waals surface area (Å²) in [5.74, 6) is 0. The van der Waals surface area contributed by atoms with Gasteiger partial charge in [0.05, 0.1) is 16.9 Å². The molecule has 0 amide bonds. The van der Waals surface area contributed by atoms with E-state index in [1.807, 2.05) is 6.07 Å². The van der Waals surface area contributed by atoms with Gasteiger partial charge in [-0.25, -0.2) is 8.78 Å². The van der Waals surface area contributed by atoms with Crippen LogP contribution in [0, 0.1) is 11.3 Å². The molecule has 4 N–H and O–H groups in total. The maximum atomic E-state index is 12.0. The van der Waals surface area contributed by atoms with Crippen LogP contribution < -0.4 is 11.1 Å². The van der Waals surface area contributed by atoms with E-state index < -0.39 is 12.5 Å². The van der Waals surface area contributed by atoms with E-state index in [1.54, 1.807) is 12.1 Å². The van der Waals surface area contributed by atoms with Gasteiger partial charge in [0.2, 0.25) is 0 Å². The van der Waals surface area contributed by atoms with Gasteiger partial charge in [-0.2, -0.15) is 5.26 Å². The van der Waals surface area contributed by atoms with E-state index in [-0.39, 0.29) is 17.8 Å². The number of benzene rings is 1. The Morgan fingerprint density at radius 1 is 1.50 bits per heavy atom. The number of aliphatic hydroxyl groups excluding tert-OH is 1. The van der Waals surface area contributed by atoms with Gasteiger partial charge in [-0.1, -0.05) is 6.07 Å². The van der Waals surface area contributed by atoms with Gasteiger partial charge in [0, 0.05) is 6.54 Å². The van der Waals surface area contributed by atoms with Crippen LogP contribution in [-0.4, -0.2) is 24.2 Å². The zero-order valence-corrected chi connectivity index (χ0v) is 8.32. The lowest BCUT2D eigenvalue weighted by Crippen LogP contribution is -2.27. The van der Waals surface area contributed by atoms with Crippen molar-refractivity contribution >= 4 is 11.4 Å². The minimum absolute atomic E-state index is 0.187. The number of nitriles is 1. The lowest BCUT2D eigenvalue weighted by atomic mass is 10.1. The number of rotatable bonds is 4. The molecule has 0 radical (unpaired) electrons. The number of nitrogen functional groups attached to an aromatic ring is 1. The third-order valence-electron chi connectivity index (χ3n) is 2.02. The summed E-state index contributed by atoms with van der Waals surface area (Å²) < 4.78 is 24.0. The molecule has 0 aliphatic rings. The summed E-state index contributed by atoms with van der Waals surface area (Å²) in [6.07, 6.45) is -4.57. The van der Waals surface area contributed by atoms with E-state index in [4.69, 9.17) is 16.1 Å². The minimum atomic E-state index is -2.81. The number of hydrogen-bond acceptors (Lipinski definition) is 4. The first-order valence-corrected chi connectivity index (χ1v) is 4.55. The average Bonchev–Trinajstić information content (AvgIpc) is 2.27. The largest absolute Gasteiger partial charge is 0.396 e. The van der Waals surface area contributed by atoms with Gasteiger partial charge < -0.3 is 16.2 Å². The van der Waals surface area contributed by atoms with Gasteiger partial charge in [-0.15, -0.1) is 0 Å². The molecule has 1 unspecified atom stereocenters. The van der Waals surface area contributed by atoms with Gasteiger partial charge in [-0.05, 0) is 12.1 Å². The first-order chi connectivity index (χ1) is 7.56. The molecule has 1 atom stereocenters. The molecule has 0 fully saturated rings. The van der Waals surface area contributed by atoms with Crippen LogP contribution in [0.25, 0.3) is 0 Å². The summed E-state index contributed by atoms with van der Waals surface area (Å²) >= 11 is 0. The fourth-order valence-electron chi connectivity index (χ4n) is 1.12. The van der Waals surface area contributed by atoms with Crippen LogP contribution in [0.4, 0.5) is 20.2 Å². The SMILES string of the molecule is N#Cc1cccc(NCC(O)C(F)F)c1N. The van der Waals surface area contributed by atoms with Gasteiger partial charge in [0.15, 0.2) is 0 Å². The van der Waals surface area contributed by atoms with Gasteiger partial charge in [-0.3, -0.25) is 0 Å². The maximum Gasteiger partial charge on any atom is 0.265 e. The minimum Gasteiger partial charge on any atom is -0.396 e.